The minimum absolute atomic E-state index is 0.0582. The zero-order chi connectivity index (χ0) is 13.8. The van der Waals surface area contributed by atoms with Crippen LogP contribution in [-0.2, 0) is 4.74 Å². The molecule has 1 saturated heterocycles. The third-order valence-corrected chi connectivity index (χ3v) is 3.33. The van der Waals surface area contributed by atoms with Gasteiger partial charge < -0.3 is 9.84 Å². The molecule has 0 saturated carbocycles. The molecule has 19 heavy (non-hydrogen) atoms. The van der Waals surface area contributed by atoms with Gasteiger partial charge in [0.05, 0.1) is 25.9 Å². The van der Waals surface area contributed by atoms with Crippen molar-refractivity contribution in [3.63, 3.8) is 0 Å². The highest BCUT2D eigenvalue weighted by Crippen LogP contribution is 2.13. The summed E-state index contributed by atoms with van der Waals surface area (Å²) in [7, 11) is 0. The molecule has 2 unspecified atom stereocenters. The molecule has 0 bridgehead atoms. The summed E-state index contributed by atoms with van der Waals surface area (Å²) in [6.07, 6.45) is -0.253. The van der Waals surface area contributed by atoms with Crippen LogP contribution in [0.2, 0.25) is 0 Å². The number of aliphatic hydroxyl groups is 1. The fourth-order valence-corrected chi connectivity index (χ4v) is 2.14. The number of ether oxygens (including phenoxy) is 1. The highest BCUT2D eigenvalue weighted by molar-refractivity contribution is 5.97. The molecular weight excluding hydrogens is 249 g/mol. The van der Waals surface area contributed by atoms with Crippen molar-refractivity contribution in [2.24, 2.45) is 0 Å². The molecule has 5 heteroatoms. The molecule has 1 fully saturated rings. The molecular formula is C14H18FNO3. The Morgan fingerprint density at radius 1 is 1.58 bits per heavy atom. The van der Waals surface area contributed by atoms with Gasteiger partial charge in [-0.3, -0.25) is 9.69 Å². The van der Waals surface area contributed by atoms with Gasteiger partial charge in [0.1, 0.15) is 5.82 Å². The van der Waals surface area contributed by atoms with Gasteiger partial charge in [-0.2, -0.15) is 0 Å². The van der Waals surface area contributed by atoms with Crippen LogP contribution in [0.4, 0.5) is 4.39 Å². The van der Waals surface area contributed by atoms with Crippen molar-refractivity contribution in [3.8, 4) is 0 Å². The van der Waals surface area contributed by atoms with Gasteiger partial charge in [-0.05, 0) is 19.1 Å². The number of benzene rings is 1. The van der Waals surface area contributed by atoms with Gasteiger partial charge in [-0.1, -0.05) is 12.1 Å². The van der Waals surface area contributed by atoms with Gasteiger partial charge in [0.15, 0.2) is 5.78 Å². The standard InChI is InChI=1S/C14H18FNO3/c1-10-9-19-13(8-17)6-16(10)7-14(18)11-3-2-4-12(15)5-11/h2-5,10,13,17H,6-9H2,1H3. The molecule has 0 amide bonds. The normalized spacial score (nSPS) is 24.4. The minimum atomic E-state index is -0.408. The second kappa shape index (κ2) is 6.23. The lowest BCUT2D eigenvalue weighted by Gasteiger charge is -2.36. The van der Waals surface area contributed by atoms with Crippen LogP contribution in [-0.4, -0.2) is 54.2 Å². The molecule has 1 aromatic rings. The van der Waals surface area contributed by atoms with E-state index in [1.165, 1.54) is 18.2 Å². The Morgan fingerprint density at radius 3 is 3.05 bits per heavy atom. The first-order chi connectivity index (χ1) is 9.10. The van der Waals surface area contributed by atoms with Gasteiger partial charge in [-0.15, -0.1) is 0 Å². The molecule has 0 aromatic heterocycles. The third-order valence-electron chi connectivity index (χ3n) is 3.33. The van der Waals surface area contributed by atoms with E-state index in [0.29, 0.717) is 18.7 Å². The molecule has 0 radical (unpaired) electrons. The molecule has 4 nitrogen and oxygen atoms in total. The van der Waals surface area contributed by atoms with Crippen LogP contribution in [0.25, 0.3) is 0 Å². The average molecular weight is 267 g/mol. The molecule has 0 spiro atoms. The summed E-state index contributed by atoms with van der Waals surface area (Å²) in [6, 6.07) is 5.81. The first kappa shape index (κ1) is 14.1. The van der Waals surface area contributed by atoms with Crippen LogP contribution in [0.15, 0.2) is 24.3 Å². The van der Waals surface area contributed by atoms with Crippen molar-refractivity contribution in [1.82, 2.24) is 4.90 Å². The summed E-state index contributed by atoms with van der Waals surface area (Å²) in [5.41, 5.74) is 0.374. The number of halogens is 1. The van der Waals surface area contributed by atoms with E-state index in [4.69, 9.17) is 9.84 Å². The minimum Gasteiger partial charge on any atom is -0.394 e. The van der Waals surface area contributed by atoms with E-state index in [9.17, 15) is 9.18 Å². The monoisotopic (exact) mass is 267 g/mol. The maximum absolute atomic E-state index is 13.1. The largest absolute Gasteiger partial charge is 0.394 e. The summed E-state index contributed by atoms with van der Waals surface area (Å²) in [5.74, 6) is -0.529. The lowest BCUT2D eigenvalue weighted by molar-refractivity contribution is -0.0747. The second-order valence-corrected chi connectivity index (χ2v) is 4.85. The van der Waals surface area contributed by atoms with E-state index < -0.39 is 5.82 Å². The second-order valence-electron chi connectivity index (χ2n) is 4.85. The zero-order valence-corrected chi connectivity index (χ0v) is 10.9. The highest BCUT2D eigenvalue weighted by atomic mass is 19.1. The molecule has 1 aromatic carbocycles. The zero-order valence-electron chi connectivity index (χ0n) is 10.9. The first-order valence-corrected chi connectivity index (χ1v) is 6.35. The fourth-order valence-electron chi connectivity index (χ4n) is 2.14. The molecule has 104 valence electrons. The highest BCUT2D eigenvalue weighted by Gasteiger charge is 2.27. The number of aliphatic hydroxyl groups excluding tert-OH is 1. The summed E-state index contributed by atoms with van der Waals surface area (Å²) >= 11 is 0. The predicted octanol–water partition coefficient (Wildman–Crippen LogP) is 1.09. The molecule has 0 aliphatic carbocycles. The molecule has 1 N–H and O–H groups in total. The first-order valence-electron chi connectivity index (χ1n) is 6.35. The van der Waals surface area contributed by atoms with Crippen LogP contribution in [0.3, 0.4) is 0 Å². The van der Waals surface area contributed by atoms with Gasteiger partial charge in [0, 0.05) is 18.2 Å². The lowest BCUT2D eigenvalue weighted by Crippen LogP contribution is -2.51. The number of carbonyl (C=O) groups is 1. The number of nitrogens with zero attached hydrogens (tertiary/aromatic N) is 1. The van der Waals surface area contributed by atoms with Crippen molar-refractivity contribution in [2.45, 2.75) is 19.1 Å². The number of rotatable bonds is 4. The number of hydrogen-bond donors (Lipinski definition) is 1. The van der Waals surface area contributed by atoms with Crippen molar-refractivity contribution < 1.29 is 19.0 Å². The quantitative estimate of drug-likeness (QED) is 0.830. The van der Waals surface area contributed by atoms with Gasteiger partial charge >= 0.3 is 0 Å². The lowest BCUT2D eigenvalue weighted by atomic mass is 10.1. The van der Waals surface area contributed by atoms with E-state index >= 15 is 0 Å². The molecule has 1 aliphatic rings. The third kappa shape index (κ3) is 3.59. The predicted molar refractivity (Wildman–Crippen MR) is 68.6 cm³/mol. The van der Waals surface area contributed by atoms with Crippen LogP contribution < -0.4 is 0 Å². The Balaban J connectivity index is 2.01. The van der Waals surface area contributed by atoms with Crippen molar-refractivity contribution >= 4 is 5.78 Å². The molecule has 1 aliphatic heterocycles. The van der Waals surface area contributed by atoms with Gasteiger partial charge in [0.25, 0.3) is 0 Å². The number of morpholine rings is 1. The van der Waals surface area contributed by atoms with Crippen molar-refractivity contribution in [2.75, 3.05) is 26.3 Å². The van der Waals surface area contributed by atoms with Crippen molar-refractivity contribution in [3.05, 3.63) is 35.6 Å². The molecule has 2 rings (SSSR count). The topological polar surface area (TPSA) is 49.8 Å². The van der Waals surface area contributed by atoms with Gasteiger partial charge in [-0.25, -0.2) is 4.39 Å². The number of hydrogen-bond acceptors (Lipinski definition) is 4. The molecule has 2 atom stereocenters. The smallest absolute Gasteiger partial charge is 0.176 e. The number of carbonyl (C=O) groups excluding carboxylic acids is 1. The summed E-state index contributed by atoms with van der Waals surface area (Å²) in [5, 5.41) is 9.10. The Morgan fingerprint density at radius 2 is 2.37 bits per heavy atom. The maximum Gasteiger partial charge on any atom is 0.176 e. The summed E-state index contributed by atoms with van der Waals surface area (Å²) < 4.78 is 18.5. The average Bonchev–Trinajstić information content (AvgIpc) is 2.41. The van der Waals surface area contributed by atoms with Crippen LogP contribution >= 0.6 is 0 Å². The number of Topliss-reactive ketones (excluding diaryl/α,β-unsaturated/α-hetero) is 1. The van der Waals surface area contributed by atoms with Crippen molar-refractivity contribution in [1.29, 1.82) is 0 Å². The van der Waals surface area contributed by atoms with Gasteiger partial charge in [0.2, 0.25) is 0 Å². The summed E-state index contributed by atoms with van der Waals surface area (Å²) in [4.78, 5) is 14.0. The van der Waals surface area contributed by atoms with E-state index in [1.54, 1.807) is 6.07 Å². The summed E-state index contributed by atoms with van der Waals surface area (Å²) in [6.45, 7) is 3.12. The Kier molecular flexibility index (Phi) is 4.63. The Bertz CT molecular complexity index is 452. The molecule has 1 heterocycles. The van der Waals surface area contributed by atoms with Crippen LogP contribution in [0, 0.1) is 5.82 Å². The van der Waals surface area contributed by atoms with Crippen LogP contribution in [0.5, 0.6) is 0 Å². The Labute approximate surface area is 111 Å². The maximum atomic E-state index is 13.1. The van der Waals surface area contributed by atoms with E-state index in [-0.39, 0.29) is 31.1 Å². The SMILES string of the molecule is CC1COC(CO)CN1CC(=O)c1cccc(F)c1. The number of ketones is 1. The van der Waals surface area contributed by atoms with Crippen LogP contribution in [0.1, 0.15) is 17.3 Å². The van der Waals surface area contributed by atoms with E-state index in [0.717, 1.165) is 0 Å². The van der Waals surface area contributed by atoms with E-state index in [1.807, 2.05) is 11.8 Å². The fraction of sp³-hybridized carbons (Fsp3) is 0.500. The van der Waals surface area contributed by atoms with E-state index in [2.05, 4.69) is 0 Å². The Hall–Kier alpha value is -1.30.